The van der Waals surface area contributed by atoms with Crippen molar-refractivity contribution >= 4 is 5.69 Å². The van der Waals surface area contributed by atoms with Crippen LogP contribution in [0, 0.1) is 6.92 Å². The molecule has 1 heterocycles. The van der Waals surface area contributed by atoms with Gasteiger partial charge in [-0.05, 0) is 61.1 Å². The lowest BCUT2D eigenvalue weighted by Crippen LogP contribution is -2.13. The predicted molar refractivity (Wildman–Crippen MR) is 107 cm³/mol. The third kappa shape index (κ3) is 3.90. The van der Waals surface area contributed by atoms with Gasteiger partial charge in [-0.1, -0.05) is 24.3 Å². The number of benzene rings is 2. The lowest BCUT2D eigenvalue weighted by molar-refractivity contribution is 0.415. The summed E-state index contributed by atoms with van der Waals surface area (Å²) in [5.74, 6) is 2.65. The molecule has 0 bridgehead atoms. The maximum Gasteiger partial charge on any atom is 0.188 e. The summed E-state index contributed by atoms with van der Waals surface area (Å²) in [5, 5.41) is 3.38. The van der Waals surface area contributed by atoms with E-state index in [1.807, 2.05) is 43.3 Å². The number of anilines is 1. The SMILES string of the molecule is COc1ccc(-c2ccc(NCc3oc(C)cc(=O)c3C3CC3)cc2)cc1. The molecule has 4 nitrogen and oxygen atoms in total. The molecule has 1 aliphatic carbocycles. The number of nitrogens with one attached hydrogen (secondary N) is 1. The second kappa shape index (κ2) is 7.31. The summed E-state index contributed by atoms with van der Waals surface area (Å²) in [6, 6.07) is 17.9. The van der Waals surface area contributed by atoms with Crippen molar-refractivity contribution < 1.29 is 9.15 Å². The van der Waals surface area contributed by atoms with Gasteiger partial charge in [-0.3, -0.25) is 4.79 Å². The fraction of sp³-hybridized carbons (Fsp3) is 0.261. The molecular formula is C23H23NO3. The lowest BCUT2D eigenvalue weighted by Gasteiger charge is -2.11. The highest BCUT2D eigenvalue weighted by Gasteiger charge is 2.30. The fourth-order valence-corrected chi connectivity index (χ4v) is 3.36. The summed E-state index contributed by atoms with van der Waals surface area (Å²) < 4.78 is 11.1. The maximum absolute atomic E-state index is 12.3. The van der Waals surface area contributed by atoms with E-state index in [0.717, 1.165) is 46.7 Å². The number of rotatable bonds is 6. The van der Waals surface area contributed by atoms with Crippen LogP contribution in [0.4, 0.5) is 5.69 Å². The molecule has 2 aromatic carbocycles. The number of hydrogen-bond acceptors (Lipinski definition) is 4. The van der Waals surface area contributed by atoms with Crippen LogP contribution in [-0.4, -0.2) is 7.11 Å². The standard InChI is InChI=1S/C23H23NO3/c1-15-13-21(25)23(18-3-4-18)22(27-15)14-24-19-9-5-16(6-10-19)17-7-11-20(26-2)12-8-17/h5-13,18,24H,3-4,14H2,1-2H3. The molecule has 0 atom stereocenters. The van der Waals surface area contributed by atoms with E-state index in [-0.39, 0.29) is 5.43 Å². The highest BCUT2D eigenvalue weighted by molar-refractivity contribution is 5.66. The third-order valence-electron chi connectivity index (χ3n) is 4.93. The summed E-state index contributed by atoms with van der Waals surface area (Å²) in [6.45, 7) is 2.34. The average Bonchev–Trinajstić information content (AvgIpc) is 3.51. The monoisotopic (exact) mass is 361 g/mol. The smallest absolute Gasteiger partial charge is 0.188 e. The summed E-state index contributed by atoms with van der Waals surface area (Å²) >= 11 is 0. The van der Waals surface area contributed by atoms with Gasteiger partial charge >= 0.3 is 0 Å². The Bertz CT molecular complexity index is 984. The number of aryl methyl sites for hydroxylation is 1. The van der Waals surface area contributed by atoms with Crippen molar-refractivity contribution in [2.75, 3.05) is 12.4 Å². The van der Waals surface area contributed by atoms with Gasteiger partial charge in [0.25, 0.3) is 0 Å². The Balaban J connectivity index is 1.49. The molecule has 0 amide bonds. The first-order valence-corrected chi connectivity index (χ1v) is 9.26. The van der Waals surface area contributed by atoms with E-state index in [9.17, 15) is 4.79 Å². The van der Waals surface area contributed by atoms with Crippen molar-refractivity contribution in [2.24, 2.45) is 0 Å². The van der Waals surface area contributed by atoms with Gasteiger partial charge in [-0.15, -0.1) is 0 Å². The van der Waals surface area contributed by atoms with Gasteiger partial charge in [0, 0.05) is 17.3 Å². The molecule has 0 saturated heterocycles. The van der Waals surface area contributed by atoms with Gasteiger partial charge in [0.05, 0.1) is 13.7 Å². The Hall–Kier alpha value is -3.01. The second-order valence-electron chi connectivity index (χ2n) is 6.99. The minimum atomic E-state index is 0.105. The van der Waals surface area contributed by atoms with Crippen LogP contribution in [0.3, 0.4) is 0 Å². The minimum absolute atomic E-state index is 0.105. The quantitative estimate of drug-likeness (QED) is 0.662. The molecular weight excluding hydrogens is 338 g/mol. The van der Waals surface area contributed by atoms with Crippen LogP contribution < -0.4 is 15.5 Å². The van der Waals surface area contributed by atoms with Crippen molar-refractivity contribution in [2.45, 2.75) is 32.2 Å². The van der Waals surface area contributed by atoms with E-state index in [2.05, 4.69) is 17.4 Å². The third-order valence-corrected chi connectivity index (χ3v) is 4.93. The zero-order chi connectivity index (χ0) is 18.8. The Labute approximate surface area is 158 Å². The Morgan fingerprint density at radius 3 is 2.26 bits per heavy atom. The van der Waals surface area contributed by atoms with Gasteiger partial charge in [-0.2, -0.15) is 0 Å². The Morgan fingerprint density at radius 1 is 1.04 bits per heavy atom. The molecule has 4 heteroatoms. The molecule has 4 rings (SSSR count). The van der Waals surface area contributed by atoms with Gasteiger partial charge in [0.2, 0.25) is 0 Å². The number of methoxy groups -OCH3 is 1. The van der Waals surface area contributed by atoms with Crippen LogP contribution in [-0.2, 0) is 6.54 Å². The molecule has 0 spiro atoms. The van der Waals surface area contributed by atoms with Crippen molar-refractivity contribution in [1.29, 1.82) is 0 Å². The summed E-state index contributed by atoms with van der Waals surface area (Å²) in [7, 11) is 1.67. The zero-order valence-corrected chi connectivity index (χ0v) is 15.6. The van der Waals surface area contributed by atoms with Crippen LogP contribution in [0.1, 0.15) is 35.8 Å². The average molecular weight is 361 g/mol. The summed E-state index contributed by atoms with van der Waals surface area (Å²) in [4.78, 5) is 12.3. The van der Waals surface area contributed by atoms with Crippen molar-refractivity contribution in [3.8, 4) is 16.9 Å². The molecule has 1 aliphatic rings. The van der Waals surface area contributed by atoms with Gasteiger partial charge in [0.15, 0.2) is 5.43 Å². The zero-order valence-electron chi connectivity index (χ0n) is 15.6. The topological polar surface area (TPSA) is 51.5 Å². The first-order valence-electron chi connectivity index (χ1n) is 9.26. The van der Waals surface area contributed by atoms with E-state index in [0.29, 0.717) is 18.2 Å². The molecule has 138 valence electrons. The molecule has 0 aliphatic heterocycles. The molecule has 1 N–H and O–H groups in total. The normalized spacial score (nSPS) is 13.4. The van der Waals surface area contributed by atoms with Crippen LogP contribution in [0.25, 0.3) is 11.1 Å². The Morgan fingerprint density at radius 2 is 1.67 bits per heavy atom. The number of ether oxygens (including phenoxy) is 1. The van der Waals surface area contributed by atoms with E-state index in [1.54, 1.807) is 13.2 Å². The van der Waals surface area contributed by atoms with Crippen LogP contribution >= 0.6 is 0 Å². The molecule has 3 aromatic rings. The maximum atomic E-state index is 12.3. The van der Waals surface area contributed by atoms with Gasteiger partial charge < -0.3 is 14.5 Å². The van der Waals surface area contributed by atoms with E-state index in [1.165, 1.54) is 0 Å². The van der Waals surface area contributed by atoms with Crippen molar-refractivity contribution in [1.82, 2.24) is 0 Å². The van der Waals surface area contributed by atoms with Crippen molar-refractivity contribution in [3.63, 3.8) is 0 Å². The first-order chi connectivity index (χ1) is 13.1. The number of hydrogen-bond donors (Lipinski definition) is 1. The van der Waals surface area contributed by atoms with Crippen LogP contribution in [0.15, 0.2) is 63.8 Å². The predicted octanol–water partition coefficient (Wildman–Crippen LogP) is 5.11. The summed E-state index contributed by atoms with van der Waals surface area (Å²) in [5.41, 5.74) is 4.24. The Kier molecular flexibility index (Phi) is 4.71. The molecule has 1 aromatic heterocycles. The highest BCUT2D eigenvalue weighted by atomic mass is 16.5. The van der Waals surface area contributed by atoms with Crippen LogP contribution in [0.5, 0.6) is 5.75 Å². The molecule has 27 heavy (non-hydrogen) atoms. The second-order valence-corrected chi connectivity index (χ2v) is 6.99. The lowest BCUT2D eigenvalue weighted by atomic mass is 10.1. The van der Waals surface area contributed by atoms with E-state index in [4.69, 9.17) is 9.15 Å². The van der Waals surface area contributed by atoms with Crippen molar-refractivity contribution in [3.05, 3.63) is 81.9 Å². The minimum Gasteiger partial charge on any atom is -0.497 e. The molecule has 1 fully saturated rings. The first kappa shape index (κ1) is 17.4. The van der Waals surface area contributed by atoms with E-state index < -0.39 is 0 Å². The molecule has 0 radical (unpaired) electrons. The van der Waals surface area contributed by atoms with E-state index >= 15 is 0 Å². The molecule has 0 unspecified atom stereocenters. The highest BCUT2D eigenvalue weighted by Crippen LogP contribution is 2.40. The summed E-state index contributed by atoms with van der Waals surface area (Å²) in [6.07, 6.45) is 2.16. The van der Waals surface area contributed by atoms with Gasteiger partial charge in [0.1, 0.15) is 17.3 Å². The van der Waals surface area contributed by atoms with Gasteiger partial charge in [-0.25, -0.2) is 0 Å². The largest absolute Gasteiger partial charge is 0.497 e. The fourth-order valence-electron chi connectivity index (χ4n) is 3.36. The molecule has 1 saturated carbocycles. The van der Waals surface area contributed by atoms with Crippen LogP contribution in [0.2, 0.25) is 0 Å².